The van der Waals surface area contributed by atoms with Gasteiger partial charge in [0.15, 0.2) is 5.69 Å². The molecule has 2 rings (SSSR count). The Balaban J connectivity index is 2.69. The molecule has 0 amide bonds. The molecule has 0 saturated carbocycles. The van der Waals surface area contributed by atoms with Crippen LogP contribution in [0.15, 0.2) is 21.8 Å². The Bertz CT molecular complexity index is 594. The topological polar surface area (TPSA) is 84.4 Å². The van der Waals surface area contributed by atoms with Gasteiger partial charge in [0, 0.05) is 4.47 Å². The Hall–Kier alpha value is -1.76. The molecule has 0 fully saturated rings. The van der Waals surface area contributed by atoms with Gasteiger partial charge < -0.3 is 4.74 Å². The third-order valence-electron chi connectivity index (χ3n) is 2.21. The lowest BCUT2D eigenvalue weighted by atomic mass is 10.2. The molecule has 1 aromatic heterocycles. The van der Waals surface area contributed by atoms with Gasteiger partial charge in [0.1, 0.15) is 5.69 Å². The number of hydrogen-bond donors (Lipinski definition) is 1. The molecule has 0 aliphatic rings. The second-order valence-corrected chi connectivity index (χ2v) is 4.06. The number of halogens is 1. The quantitative estimate of drug-likeness (QED) is 0.697. The highest BCUT2D eigenvalue weighted by Gasteiger charge is 2.20. The summed E-state index contributed by atoms with van der Waals surface area (Å²) >= 11 is 3.20. The fourth-order valence-corrected chi connectivity index (χ4v) is 1.91. The number of carbonyl (C=O) groups excluding carboxylic acids is 1. The maximum absolute atomic E-state index is 11.6. The first kappa shape index (κ1) is 11.7. The number of rotatable bonds is 3. The van der Waals surface area contributed by atoms with Crippen molar-refractivity contribution >= 4 is 38.5 Å². The maximum atomic E-state index is 11.6. The van der Waals surface area contributed by atoms with Crippen LogP contribution in [0.3, 0.4) is 0 Å². The van der Waals surface area contributed by atoms with E-state index in [0.717, 1.165) is 0 Å². The molecule has 0 aliphatic heterocycles. The van der Waals surface area contributed by atoms with Crippen molar-refractivity contribution in [3.63, 3.8) is 0 Å². The fraction of sp³-hybridized carbons (Fsp3) is 0.200. The van der Waals surface area contributed by atoms with Crippen molar-refractivity contribution in [2.75, 3.05) is 6.61 Å². The van der Waals surface area contributed by atoms with Crippen LogP contribution in [0.2, 0.25) is 0 Å². The molecule has 0 saturated heterocycles. The predicted molar refractivity (Wildman–Crippen MR) is 65.2 cm³/mol. The van der Waals surface area contributed by atoms with Crippen molar-refractivity contribution < 1.29 is 9.53 Å². The number of fused-ring (bicyclic) bond motifs is 1. The third-order valence-corrected chi connectivity index (χ3v) is 2.85. The number of H-pyrrole nitrogens is 1. The predicted octanol–water partition coefficient (Wildman–Crippen LogP) is 2.90. The monoisotopic (exact) mass is 297 g/mol. The van der Waals surface area contributed by atoms with Gasteiger partial charge >= 0.3 is 5.97 Å². The van der Waals surface area contributed by atoms with Crippen molar-refractivity contribution in [1.82, 2.24) is 10.2 Å². The van der Waals surface area contributed by atoms with E-state index in [2.05, 4.69) is 31.3 Å². The molecular formula is C10H8BrN3O3. The minimum atomic E-state index is -0.582. The van der Waals surface area contributed by atoms with Crippen molar-refractivity contribution in [3.8, 4) is 0 Å². The SMILES string of the molecule is CCOC(=O)c1n[nH]c2ccc(Br)c(N=O)c12. The number of benzene rings is 1. The summed E-state index contributed by atoms with van der Waals surface area (Å²) in [7, 11) is 0. The Morgan fingerprint density at radius 2 is 2.35 bits per heavy atom. The first-order chi connectivity index (χ1) is 8.19. The van der Waals surface area contributed by atoms with E-state index < -0.39 is 5.97 Å². The van der Waals surface area contributed by atoms with Crippen LogP contribution in [0.4, 0.5) is 5.69 Å². The van der Waals surface area contributed by atoms with E-state index in [-0.39, 0.29) is 18.0 Å². The van der Waals surface area contributed by atoms with Crippen LogP contribution in [-0.2, 0) is 4.74 Å². The molecule has 0 atom stereocenters. The highest BCUT2D eigenvalue weighted by Crippen LogP contribution is 2.35. The van der Waals surface area contributed by atoms with E-state index >= 15 is 0 Å². The van der Waals surface area contributed by atoms with Gasteiger partial charge in [-0.2, -0.15) is 5.10 Å². The zero-order chi connectivity index (χ0) is 12.4. The van der Waals surface area contributed by atoms with E-state index in [4.69, 9.17) is 4.74 Å². The first-order valence-electron chi connectivity index (χ1n) is 4.86. The molecule has 1 N–H and O–H groups in total. The zero-order valence-electron chi connectivity index (χ0n) is 8.86. The van der Waals surface area contributed by atoms with Gasteiger partial charge in [0.25, 0.3) is 0 Å². The second-order valence-electron chi connectivity index (χ2n) is 3.20. The summed E-state index contributed by atoms with van der Waals surface area (Å²) in [6.07, 6.45) is 0. The van der Waals surface area contributed by atoms with E-state index in [9.17, 15) is 9.70 Å². The minimum absolute atomic E-state index is 0.0674. The van der Waals surface area contributed by atoms with Gasteiger partial charge in [-0.3, -0.25) is 5.10 Å². The van der Waals surface area contributed by atoms with Crippen LogP contribution in [0.5, 0.6) is 0 Å². The van der Waals surface area contributed by atoms with E-state index in [0.29, 0.717) is 15.4 Å². The molecule has 0 radical (unpaired) electrons. The third kappa shape index (κ3) is 1.93. The molecule has 6 nitrogen and oxygen atoms in total. The number of esters is 1. The second kappa shape index (κ2) is 4.62. The summed E-state index contributed by atoms with van der Waals surface area (Å²) in [4.78, 5) is 22.4. The fourth-order valence-electron chi connectivity index (χ4n) is 1.51. The highest BCUT2D eigenvalue weighted by molar-refractivity contribution is 9.10. The maximum Gasteiger partial charge on any atom is 0.359 e. The van der Waals surface area contributed by atoms with Crippen molar-refractivity contribution in [2.45, 2.75) is 6.92 Å². The summed E-state index contributed by atoms with van der Waals surface area (Å²) in [6, 6.07) is 3.36. The van der Waals surface area contributed by atoms with Crippen LogP contribution in [0.1, 0.15) is 17.4 Å². The van der Waals surface area contributed by atoms with Crippen LogP contribution in [-0.4, -0.2) is 22.8 Å². The molecule has 0 aliphatic carbocycles. The lowest BCUT2D eigenvalue weighted by molar-refractivity contribution is 0.0521. The van der Waals surface area contributed by atoms with Gasteiger partial charge in [0.05, 0.1) is 17.5 Å². The number of nitrogens with one attached hydrogen (secondary N) is 1. The first-order valence-corrected chi connectivity index (χ1v) is 5.65. The van der Waals surface area contributed by atoms with E-state index in [1.807, 2.05) is 0 Å². The Kier molecular flexibility index (Phi) is 3.19. The molecule has 2 aromatic rings. The largest absolute Gasteiger partial charge is 0.461 e. The number of nitroso groups, excluding NO2 is 1. The number of ether oxygens (including phenoxy) is 1. The van der Waals surface area contributed by atoms with Gasteiger partial charge in [0.2, 0.25) is 0 Å². The molecule has 1 heterocycles. The van der Waals surface area contributed by atoms with Crippen molar-refractivity contribution in [2.24, 2.45) is 5.18 Å². The number of hydrogen-bond acceptors (Lipinski definition) is 5. The minimum Gasteiger partial charge on any atom is -0.461 e. The van der Waals surface area contributed by atoms with Gasteiger partial charge in [-0.1, -0.05) is 0 Å². The molecular weight excluding hydrogens is 290 g/mol. The Morgan fingerprint density at radius 3 is 3.00 bits per heavy atom. The average Bonchev–Trinajstić information content (AvgIpc) is 2.73. The number of aromatic amines is 1. The molecule has 0 bridgehead atoms. The molecule has 88 valence electrons. The van der Waals surface area contributed by atoms with Gasteiger partial charge in [-0.05, 0) is 40.2 Å². The zero-order valence-corrected chi connectivity index (χ0v) is 10.4. The van der Waals surface area contributed by atoms with E-state index in [1.54, 1.807) is 19.1 Å². The Labute approximate surface area is 104 Å². The summed E-state index contributed by atoms with van der Waals surface area (Å²) in [5.74, 6) is -0.582. The molecule has 17 heavy (non-hydrogen) atoms. The molecule has 0 unspecified atom stereocenters. The van der Waals surface area contributed by atoms with Crippen molar-refractivity contribution in [1.29, 1.82) is 0 Å². The molecule has 7 heteroatoms. The summed E-state index contributed by atoms with van der Waals surface area (Å²) < 4.78 is 5.36. The molecule has 0 spiro atoms. The van der Waals surface area contributed by atoms with Crippen LogP contribution >= 0.6 is 15.9 Å². The van der Waals surface area contributed by atoms with Crippen LogP contribution in [0.25, 0.3) is 10.9 Å². The van der Waals surface area contributed by atoms with Gasteiger partial charge in [-0.15, -0.1) is 4.91 Å². The van der Waals surface area contributed by atoms with Crippen molar-refractivity contribution in [3.05, 3.63) is 27.2 Å². The number of nitrogens with zero attached hydrogens (tertiary/aromatic N) is 2. The smallest absolute Gasteiger partial charge is 0.359 e. The molecule has 1 aromatic carbocycles. The number of aromatic nitrogens is 2. The summed E-state index contributed by atoms with van der Waals surface area (Å²) in [6.45, 7) is 1.94. The normalized spacial score (nSPS) is 10.5. The van der Waals surface area contributed by atoms with E-state index in [1.165, 1.54) is 0 Å². The highest BCUT2D eigenvalue weighted by atomic mass is 79.9. The lowest BCUT2D eigenvalue weighted by Crippen LogP contribution is -2.05. The van der Waals surface area contributed by atoms with Crippen LogP contribution in [0, 0.1) is 4.91 Å². The summed E-state index contributed by atoms with van der Waals surface area (Å²) in [5.41, 5.74) is 0.767. The van der Waals surface area contributed by atoms with Crippen LogP contribution < -0.4 is 0 Å². The summed E-state index contributed by atoms with van der Waals surface area (Å²) in [5, 5.41) is 9.78. The lowest BCUT2D eigenvalue weighted by Gasteiger charge is -2.00. The average molecular weight is 298 g/mol. The van der Waals surface area contributed by atoms with Gasteiger partial charge in [-0.25, -0.2) is 4.79 Å². The number of carbonyl (C=O) groups is 1. The standard InChI is InChI=1S/C10H8BrN3O3/c1-2-17-10(15)9-7-6(12-13-9)4-3-5(11)8(7)14-16/h3-4H,2H2,1H3,(H,12,13). The Morgan fingerprint density at radius 1 is 1.59 bits per heavy atom.